The molecule has 1 N–H and O–H groups in total. The highest BCUT2D eigenvalue weighted by Crippen LogP contribution is 2.43. The number of hydrogen-bond acceptors (Lipinski definition) is 3. The summed E-state index contributed by atoms with van der Waals surface area (Å²) in [6.07, 6.45) is 12.2. The highest BCUT2D eigenvalue weighted by atomic mass is 15.3. The van der Waals surface area contributed by atoms with E-state index in [0.29, 0.717) is 6.04 Å². The van der Waals surface area contributed by atoms with Crippen molar-refractivity contribution >= 4 is 11.4 Å². The second-order valence-electron chi connectivity index (χ2n) is 9.21. The van der Waals surface area contributed by atoms with E-state index in [9.17, 15) is 0 Å². The summed E-state index contributed by atoms with van der Waals surface area (Å²) in [4.78, 5) is 5.49. The zero-order chi connectivity index (χ0) is 19.5. The summed E-state index contributed by atoms with van der Waals surface area (Å²) in [5, 5.41) is 3.58. The summed E-state index contributed by atoms with van der Waals surface area (Å²) < 4.78 is 0. The van der Waals surface area contributed by atoms with E-state index in [1.165, 1.54) is 82.3 Å². The Hall–Kier alpha value is -2.00. The number of hydrogen-bond donors (Lipinski definition) is 1. The van der Waals surface area contributed by atoms with Gasteiger partial charge in [-0.15, -0.1) is 0 Å². The lowest BCUT2D eigenvalue weighted by Gasteiger charge is -2.50. The molecule has 0 amide bonds. The van der Waals surface area contributed by atoms with Crippen LogP contribution in [0.4, 0.5) is 11.4 Å². The van der Waals surface area contributed by atoms with Crippen LogP contribution in [0.5, 0.6) is 0 Å². The maximum Gasteiger partial charge on any atom is 0.0880 e. The lowest BCUT2D eigenvalue weighted by atomic mass is 9.76. The molecule has 1 saturated heterocycles. The third-order valence-corrected chi connectivity index (χ3v) is 7.66. The number of benzene rings is 2. The molecule has 0 atom stereocenters. The van der Waals surface area contributed by atoms with Gasteiger partial charge >= 0.3 is 0 Å². The quantitative estimate of drug-likeness (QED) is 0.696. The van der Waals surface area contributed by atoms with Gasteiger partial charge in [0.1, 0.15) is 0 Å². The first-order valence-electron chi connectivity index (χ1n) is 11.8. The van der Waals surface area contributed by atoms with E-state index in [2.05, 4.69) is 69.7 Å². The topological polar surface area (TPSA) is 18.5 Å². The zero-order valence-electron chi connectivity index (χ0n) is 17.7. The summed E-state index contributed by atoms with van der Waals surface area (Å²) in [6.45, 7) is 3.41. The van der Waals surface area contributed by atoms with Crippen LogP contribution in [0.3, 0.4) is 0 Å². The van der Waals surface area contributed by atoms with Gasteiger partial charge < -0.3 is 10.2 Å². The molecule has 154 valence electrons. The van der Waals surface area contributed by atoms with Crippen molar-refractivity contribution in [1.29, 1.82) is 0 Å². The monoisotopic (exact) mass is 389 g/mol. The van der Waals surface area contributed by atoms with Crippen molar-refractivity contribution in [2.45, 2.75) is 69.4 Å². The fourth-order valence-electron chi connectivity index (χ4n) is 6.09. The first-order valence-corrected chi connectivity index (χ1v) is 11.8. The SMILES string of the molecule is c1ccc(C2(N3CCC(N4CNc5ccccc54)CC3)CCCCCCC2)cc1. The van der Waals surface area contributed by atoms with Crippen LogP contribution in [-0.2, 0) is 5.54 Å². The Balaban J connectivity index is 1.34. The van der Waals surface area contributed by atoms with Crippen LogP contribution in [0.25, 0.3) is 0 Å². The zero-order valence-corrected chi connectivity index (χ0v) is 17.7. The second kappa shape index (κ2) is 8.39. The minimum atomic E-state index is 0.258. The minimum absolute atomic E-state index is 0.258. The number of nitrogens with zero attached hydrogens (tertiary/aromatic N) is 2. The van der Waals surface area contributed by atoms with Crippen LogP contribution in [0.15, 0.2) is 54.6 Å². The molecule has 5 rings (SSSR count). The average molecular weight is 390 g/mol. The van der Waals surface area contributed by atoms with E-state index >= 15 is 0 Å². The number of rotatable bonds is 3. The summed E-state index contributed by atoms with van der Waals surface area (Å²) in [6, 6.07) is 20.9. The molecule has 3 aliphatic rings. The minimum Gasteiger partial charge on any atom is -0.366 e. The van der Waals surface area contributed by atoms with Gasteiger partial charge in [0.25, 0.3) is 0 Å². The standard InChI is InChI=1S/C26H35N3/c1-2-9-17-26(18-10-3-1,22-11-5-4-6-12-22)28-19-15-23(16-20-28)29-21-27-24-13-7-8-14-25(24)29/h4-8,11-14,23,27H,1-3,9-10,15-21H2. The predicted molar refractivity (Wildman–Crippen MR) is 122 cm³/mol. The van der Waals surface area contributed by atoms with Gasteiger partial charge in [0.2, 0.25) is 0 Å². The molecule has 0 spiro atoms. The Morgan fingerprint density at radius 1 is 0.759 bits per heavy atom. The summed E-state index contributed by atoms with van der Waals surface area (Å²) >= 11 is 0. The number of nitrogens with one attached hydrogen (secondary N) is 1. The highest BCUT2D eigenvalue weighted by Gasteiger charge is 2.41. The van der Waals surface area contributed by atoms with Crippen LogP contribution in [0.2, 0.25) is 0 Å². The van der Waals surface area contributed by atoms with E-state index < -0.39 is 0 Å². The van der Waals surface area contributed by atoms with Crippen molar-refractivity contribution in [2.75, 3.05) is 30.0 Å². The molecule has 2 aliphatic heterocycles. The van der Waals surface area contributed by atoms with Crippen molar-refractivity contribution in [3.63, 3.8) is 0 Å². The highest BCUT2D eigenvalue weighted by molar-refractivity contribution is 5.74. The predicted octanol–water partition coefficient (Wildman–Crippen LogP) is 5.98. The van der Waals surface area contributed by atoms with E-state index in [1.807, 2.05) is 0 Å². The second-order valence-corrected chi connectivity index (χ2v) is 9.21. The van der Waals surface area contributed by atoms with Gasteiger partial charge in [0, 0.05) is 24.7 Å². The molecule has 1 aliphatic carbocycles. The molecular formula is C26H35N3. The Morgan fingerprint density at radius 3 is 2.17 bits per heavy atom. The Kier molecular flexibility index (Phi) is 5.50. The molecule has 29 heavy (non-hydrogen) atoms. The van der Waals surface area contributed by atoms with Gasteiger partial charge in [-0.1, -0.05) is 74.6 Å². The number of likely N-dealkylation sites (tertiary alicyclic amines) is 1. The van der Waals surface area contributed by atoms with Gasteiger partial charge in [0.05, 0.1) is 18.0 Å². The van der Waals surface area contributed by atoms with Gasteiger partial charge in [-0.25, -0.2) is 0 Å². The van der Waals surface area contributed by atoms with E-state index in [-0.39, 0.29) is 5.54 Å². The molecule has 2 aromatic carbocycles. The Morgan fingerprint density at radius 2 is 1.41 bits per heavy atom. The van der Waals surface area contributed by atoms with Gasteiger partial charge in [-0.05, 0) is 43.4 Å². The number of anilines is 2. The first-order chi connectivity index (χ1) is 14.4. The first kappa shape index (κ1) is 19.0. The molecule has 0 bridgehead atoms. The van der Waals surface area contributed by atoms with Gasteiger partial charge in [-0.2, -0.15) is 0 Å². The molecule has 0 aromatic heterocycles. The molecule has 2 heterocycles. The van der Waals surface area contributed by atoms with Crippen molar-refractivity contribution in [1.82, 2.24) is 4.90 Å². The maximum absolute atomic E-state index is 3.58. The van der Waals surface area contributed by atoms with Crippen LogP contribution < -0.4 is 10.2 Å². The molecule has 1 saturated carbocycles. The molecule has 0 unspecified atom stereocenters. The fourth-order valence-corrected chi connectivity index (χ4v) is 6.09. The van der Waals surface area contributed by atoms with E-state index in [0.717, 1.165) is 6.67 Å². The lowest BCUT2D eigenvalue weighted by molar-refractivity contribution is 0.0340. The van der Waals surface area contributed by atoms with Crippen molar-refractivity contribution in [3.8, 4) is 0 Å². The number of para-hydroxylation sites is 2. The number of piperidine rings is 1. The molecule has 2 fully saturated rings. The molecule has 3 heteroatoms. The maximum atomic E-state index is 3.58. The van der Waals surface area contributed by atoms with Gasteiger partial charge in [-0.3, -0.25) is 4.90 Å². The van der Waals surface area contributed by atoms with Crippen LogP contribution >= 0.6 is 0 Å². The van der Waals surface area contributed by atoms with Crippen LogP contribution in [-0.4, -0.2) is 30.7 Å². The third-order valence-electron chi connectivity index (χ3n) is 7.66. The average Bonchev–Trinajstić information content (AvgIpc) is 3.19. The van der Waals surface area contributed by atoms with Crippen LogP contribution in [0.1, 0.15) is 63.4 Å². The lowest BCUT2D eigenvalue weighted by Crippen LogP contribution is -2.53. The fraction of sp³-hybridized carbons (Fsp3) is 0.538. The number of fused-ring (bicyclic) bond motifs is 1. The molecule has 2 aromatic rings. The smallest absolute Gasteiger partial charge is 0.0880 e. The van der Waals surface area contributed by atoms with E-state index in [4.69, 9.17) is 0 Å². The van der Waals surface area contributed by atoms with Crippen molar-refractivity contribution < 1.29 is 0 Å². The largest absolute Gasteiger partial charge is 0.366 e. The normalized spacial score (nSPS) is 23.1. The summed E-state index contributed by atoms with van der Waals surface area (Å²) in [7, 11) is 0. The molecular weight excluding hydrogens is 354 g/mol. The molecule has 3 nitrogen and oxygen atoms in total. The van der Waals surface area contributed by atoms with Crippen molar-refractivity contribution in [3.05, 3.63) is 60.2 Å². The Bertz CT molecular complexity index is 787. The summed E-state index contributed by atoms with van der Waals surface area (Å²) in [5.74, 6) is 0. The van der Waals surface area contributed by atoms with Gasteiger partial charge in [0.15, 0.2) is 0 Å². The Labute approximate surface area is 176 Å². The van der Waals surface area contributed by atoms with Crippen LogP contribution in [0, 0.1) is 0 Å². The third kappa shape index (κ3) is 3.66. The van der Waals surface area contributed by atoms with Crippen molar-refractivity contribution in [2.24, 2.45) is 0 Å². The summed E-state index contributed by atoms with van der Waals surface area (Å²) in [5.41, 5.74) is 4.52. The van der Waals surface area contributed by atoms with E-state index in [1.54, 1.807) is 5.56 Å². The molecule has 0 radical (unpaired) electrons.